The predicted octanol–water partition coefficient (Wildman–Crippen LogP) is 0.0732. The largest absolute Gasteiger partial charge is 0.352 e. The highest BCUT2D eigenvalue weighted by molar-refractivity contribution is 5.94. The molecule has 0 fully saturated rings. The molecule has 0 spiro atoms. The first-order valence-electron chi connectivity index (χ1n) is 5.88. The Morgan fingerprint density at radius 2 is 2.11 bits per heavy atom. The van der Waals surface area contributed by atoms with Crippen molar-refractivity contribution in [3.63, 3.8) is 0 Å². The van der Waals surface area contributed by atoms with Gasteiger partial charge >= 0.3 is 0 Å². The van der Waals surface area contributed by atoms with Crippen molar-refractivity contribution < 1.29 is 4.79 Å². The normalized spacial score (nSPS) is 10.2. The molecular weight excluding hydrogens is 244 g/mol. The van der Waals surface area contributed by atoms with Crippen LogP contribution in [0.2, 0.25) is 0 Å². The maximum atomic E-state index is 11.9. The van der Waals surface area contributed by atoms with E-state index in [9.17, 15) is 4.79 Å². The second kappa shape index (κ2) is 5.96. The first-order chi connectivity index (χ1) is 9.20. The van der Waals surface area contributed by atoms with Crippen LogP contribution in [0.3, 0.4) is 0 Å². The summed E-state index contributed by atoms with van der Waals surface area (Å²) >= 11 is 0. The van der Waals surface area contributed by atoms with Crippen LogP contribution in [0.25, 0.3) is 0 Å². The van der Waals surface area contributed by atoms with Crippen molar-refractivity contribution in [2.75, 3.05) is 12.0 Å². The molecule has 4 N–H and O–H groups in total. The molecule has 0 aliphatic heterocycles. The van der Waals surface area contributed by atoms with E-state index in [2.05, 4.69) is 20.9 Å². The Morgan fingerprint density at radius 1 is 1.37 bits per heavy atom. The smallest absolute Gasteiger partial charge is 0.251 e. The first kappa shape index (κ1) is 13.0. The van der Waals surface area contributed by atoms with E-state index < -0.39 is 0 Å². The molecule has 100 valence electrons. The highest BCUT2D eigenvalue weighted by Gasteiger charge is 2.06. The number of carbonyl (C=O) groups is 1. The van der Waals surface area contributed by atoms with Crippen molar-refractivity contribution in [2.45, 2.75) is 6.42 Å². The summed E-state index contributed by atoms with van der Waals surface area (Å²) in [4.78, 5) is 11.9. The number of aromatic nitrogens is 3. The lowest BCUT2D eigenvalue weighted by atomic mass is 10.2. The maximum Gasteiger partial charge on any atom is 0.251 e. The summed E-state index contributed by atoms with van der Waals surface area (Å²) < 4.78 is 1.83. The Kier molecular flexibility index (Phi) is 4.09. The molecule has 0 atom stereocenters. The van der Waals surface area contributed by atoms with Gasteiger partial charge in [-0.3, -0.25) is 10.6 Å². The number of nitrogens with one attached hydrogen (secondary N) is 2. The van der Waals surface area contributed by atoms with Gasteiger partial charge in [0.2, 0.25) is 0 Å². The Labute approximate surface area is 110 Å². The van der Waals surface area contributed by atoms with Gasteiger partial charge in [-0.15, -0.1) is 10.2 Å². The number of benzene rings is 1. The van der Waals surface area contributed by atoms with Gasteiger partial charge in [0.25, 0.3) is 5.91 Å². The van der Waals surface area contributed by atoms with Crippen molar-refractivity contribution in [3.05, 3.63) is 42.0 Å². The van der Waals surface area contributed by atoms with E-state index in [0.29, 0.717) is 18.5 Å². The molecule has 0 aliphatic carbocycles. The molecule has 2 rings (SSSR count). The maximum absolute atomic E-state index is 11.9. The third kappa shape index (κ3) is 3.29. The average Bonchev–Trinajstić information content (AvgIpc) is 2.84. The van der Waals surface area contributed by atoms with Crippen LogP contribution in [-0.2, 0) is 13.5 Å². The van der Waals surface area contributed by atoms with Gasteiger partial charge in [-0.25, -0.2) is 0 Å². The quantitative estimate of drug-likeness (QED) is 0.522. The number of carbonyl (C=O) groups excluding carboxylic acids is 1. The van der Waals surface area contributed by atoms with Gasteiger partial charge in [-0.1, -0.05) is 0 Å². The molecule has 0 unspecified atom stereocenters. The van der Waals surface area contributed by atoms with Gasteiger partial charge in [0.15, 0.2) is 0 Å². The number of nitrogens with zero attached hydrogens (tertiary/aromatic N) is 3. The van der Waals surface area contributed by atoms with E-state index in [-0.39, 0.29) is 5.91 Å². The number of hydrazine groups is 1. The van der Waals surface area contributed by atoms with Crippen LogP contribution in [-0.4, -0.2) is 27.2 Å². The minimum Gasteiger partial charge on any atom is -0.352 e. The number of aryl methyl sites for hydroxylation is 1. The number of hydrogen-bond donors (Lipinski definition) is 3. The predicted molar refractivity (Wildman–Crippen MR) is 71.3 cm³/mol. The standard InChI is InChI=1S/C12H16N6O/c1-18-8-15-17-11(18)6-7-14-12(19)9-2-4-10(16-13)5-3-9/h2-5,8,16H,6-7,13H2,1H3,(H,14,19). The SMILES string of the molecule is Cn1cnnc1CCNC(=O)c1ccc(NN)cc1. The minimum atomic E-state index is -0.120. The molecule has 1 heterocycles. The summed E-state index contributed by atoms with van der Waals surface area (Å²) in [6.07, 6.45) is 2.28. The fraction of sp³-hybridized carbons (Fsp3) is 0.250. The number of nitrogen functional groups attached to an aromatic ring is 1. The van der Waals surface area contributed by atoms with E-state index in [1.54, 1.807) is 30.6 Å². The highest BCUT2D eigenvalue weighted by Crippen LogP contribution is 2.07. The van der Waals surface area contributed by atoms with Gasteiger partial charge < -0.3 is 15.3 Å². The summed E-state index contributed by atoms with van der Waals surface area (Å²) in [5.74, 6) is 5.98. The van der Waals surface area contributed by atoms with E-state index in [1.165, 1.54) is 0 Å². The van der Waals surface area contributed by atoms with Gasteiger partial charge in [0.05, 0.1) is 0 Å². The molecular formula is C12H16N6O. The summed E-state index contributed by atoms with van der Waals surface area (Å²) in [5, 5.41) is 10.6. The number of hydrogen-bond acceptors (Lipinski definition) is 5. The van der Waals surface area contributed by atoms with Crippen LogP contribution >= 0.6 is 0 Å². The Hall–Kier alpha value is -2.41. The van der Waals surface area contributed by atoms with Crippen LogP contribution in [0.15, 0.2) is 30.6 Å². The van der Waals surface area contributed by atoms with Gasteiger partial charge in [-0.05, 0) is 24.3 Å². The summed E-state index contributed by atoms with van der Waals surface area (Å²) in [6.45, 7) is 0.516. The fourth-order valence-electron chi connectivity index (χ4n) is 1.64. The molecule has 0 bridgehead atoms. The molecule has 1 aromatic carbocycles. The molecule has 19 heavy (non-hydrogen) atoms. The number of nitrogens with two attached hydrogens (primary N) is 1. The highest BCUT2D eigenvalue weighted by atomic mass is 16.1. The number of anilines is 1. The summed E-state index contributed by atoms with van der Waals surface area (Å²) in [5.41, 5.74) is 3.87. The zero-order valence-corrected chi connectivity index (χ0v) is 10.6. The molecule has 1 amide bonds. The second-order valence-electron chi connectivity index (χ2n) is 4.09. The number of rotatable bonds is 5. The molecule has 0 saturated carbocycles. The van der Waals surface area contributed by atoms with E-state index in [0.717, 1.165) is 11.5 Å². The van der Waals surface area contributed by atoms with Crippen LogP contribution in [0.4, 0.5) is 5.69 Å². The molecule has 0 saturated heterocycles. The summed E-state index contributed by atoms with van der Waals surface area (Å²) in [6, 6.07) is 6.93. The lowest BCUT2D eigenvalue weighted by Gasteiger charge is -2.06. The monoisotopic (exact) mass is 260 g/mol. The molecule has 0 aliphatic rings. The summed E-state index contributed by atoms with van der Waals surface area (Å²) in [7, 11) is 1.87. The average molecular weight is 260 g/mol. The van der Waals surface area contributed by atoms with Crippen molar-refractivity contribution in [3.8, 4) is 0 Å². The van der Waals surface area contributed by atoms with E-state index in [4.69, 9.17) is 5.84 Å². The third-order valence-corrected chi connectivity index (χ3v) is 2.75. The van der Waals surface area contributed by atoms with Crippen molar-refractivity contribution >= 4 is 11.6 Å². The number of amides is 1. The Morgan fingerprint density at radius 3 is 2.68 bits per heavy atom. The third-order valence-electron chi connectivity index (χ3n) is 2.75. The van der Waals surface area contributed by atoms with Crippen LogP contribution in [0.1, 0.15) is 16.2 Å². The van der Waals surface area contributed by atoms with Gasteiger partial charge in [0, 0.05) is 31.3 Å². The molecule has 0 radical (unpaired) electrons. The van der Waals surface area contributed by atoms with E-state index >= 15 is 0 Å². The fourth-order valence-corrected chi connectivity index (χ4v) is 1.64. The van der Waals surface area contributed by atoms with Crippen molar-refractivity contribution in [2.24, 2.45) is 12.9 Å². The minimum absolute atomic E-state index is 0.120. The first-order valence-corrected chi connectivity index (χ1v) is 5.88. The molecule has 7 nitrogen and oxygen atoms in total. The zero-order valence-electron chi connectivity index (χ0n) is 10.6. The van der Waals surface area contributed by atoms with E-state index in [1.807, 2.05) is 11.6 Å². The Balaban J connectivity index is 1.85. The second-order valence-corrected chi connectivity index (χ2v) is 4.09. The molecule has 1 aromatic heterocycles. The topological polar surface area (TPSA) is 97.9 Å². The molecule has 7 heteroatoms. The van der Waals surface area contributed by atoms with Crippen LogP contribution < -0.4 is 16.6 Å². The van der Waals surface area contributed by atoms with Crippen LogP contribution in [0.5, 0.6) is 0 Å². The lowest BCUT2D eigenvalue weighted by Crippen LogP contribution is -2.26. The van der Waals surface area contributed by atoms with Crippen LogP contribution in [0, 0.1) is 0 Å². The van der Waals surface area contributed by atoms with Gasteiger partial charge in [0.1, 0.15) is 12.2 Å². The zero-order chi connectivity index (χ0) is 13.7. The lowest BCUT2D eigenvalue weighted by molar-refractivity contribution is 0.0954. The van der Waals surface area contributed by atoms with Gasteiger partial charge in [-0.2, -0.15) is 0 Å². The Bertz CT molecular complexity index is 548. The van der Waals surface area contributed by atoms with Crippen molar-refractivity contribution in [1.82, 2.24) is 20.1 Å². The van der Waals surface area contributed by atoms with Crippen molar-refractivity contribution in [1.29, 1.82) is 0 Å². The molecule has 2 aromatic rings.